The smallest absolute Gasteiger partial charge is 0.267 e. The first-order valence-corrected chi connectivity index (χ1v) is 13.0. The minimum Gasteiger partial charge on any atom is -0.337 e. The van der Waals surface area contributed by atoms with Crippen LogP contribution in [0.1, 0.15) is 38.3 Å². The van der Waals surface area contributed by atoms with Gasteiger partial charge in [-0.25, -0.2) is 23.5 Å². The van der Waals surface area contributed by atoms with Gasteiger partial charge in [-0.1, -0.05) is 30.3 Å². The molecule has 0 saturated carbocycles. The summed E-state index contributed by atoms with van der Waals surface area (Å²) >= 11 is 0. The second kappa shape index (κ2) is 9.13. The molecule has 8 nitrogen and oxygen atoms in total. The largest absolute Gasteiger partial charge is 0.337 e. The SMILES string of the molecule is O=C1c2ccccc2C(=O)N1c1nn(CC[n+]2ccccc2)c2nc(Nc3cccc4c3CCC4)c(F)cc12. The number of rotatable bonds is 6. The summed E-state index contributed by atoms with van der Waals surface area (Å²) in [6.45, 7) is 0.959. The monoisotopic (exact) mass is 519 g/mol. The van der Waals surface area contributed by atoms with Crippen molar-refractivity contribution in [2.75, 3.05) is 10.2 Å². The highest BCUT2D eigenvalue weighted by Gasteiger charge is 2.39. The average molecular weight is 520 g/mol. The predicted molar refractivity (Wildman–Crippen MR) is 143 cm³/mol. The number of aryl methyl sites for hydroxylation is 3. The molecule has 192 valence electrons. The van der Waals surface area contributed by atoms with Crippen LogP contribution in [0.5, 0.6) is 0 Å². The highest BCUT2D eigenvalue weighted by atomic mass is 19.1. The fourth-order valence-electron chi connectivity index (χ4n) is 5.50. The van der Waals surface area contributed by atoms with Gasteiger partial charge >= 0.3 is 0 Å². The van der Waals surface area contributed by atoms with Crippen molar-refractivity contribution in [1.29, 1.82) is 0 Å². The molecule has 39 heavy (non-hydrogen) atoms. The van der Waals surface area contributed by atoms with Gasteiger partial charge < -0.3 is 5.32 Å². The van der Waals surface area contributed by atoms with Crippen LogP contribution in [-0.4, -0.2) is 26.6 Å². The number of fused-ring (bicyclic) bond motifs is 3. The van der Waals surface area contributed by atoms with E-state index in [0.29, 0.717) is 35.2 Å². The number of nitrogens with one attached hydrogen (secondary N) is 1. The Morgan fingerprint density at radius 2 is 1.69 bits per heavy atom. The third kappa shape index (κ3) is 3.85. The Kier molecular flexibility index (Phi) is 5.43. The molecule has 0 unspecified atom stereocenters. The molecule has 0 radical (unpaired) electrons. The quantitative estimate of drug-likeness (QED) is 0.262. The minimum atomic E-state index is -0.590. The van der Waals surface area contributed by atoms with Crippen molar-refractivity contribution >= 4 is 40.2 Å². The number of halogens is 1. The third-order valence-corrected chi connectivity index (χ3v) is 7.41. The Morgan fingerprint density at radius 3 is 2.46 bits per heavy atom. The first-order valence-electron chi connectivity index (χ1n) is 13.0. The zero-order chi connectivity index (χ0) is 26.5. The molecular formula is C30H24FN6O2+. The van der Waals surface area contributed by atoms with E-state index in [1.54, 1.807) is 28.9 Å². The fraction of sp³-hybridized carbons (Fsp3) is 0.167. The maximum Gasteiger partial charge on any atom is 0.267 e. The molecule has 2 aliphatic rings. The molecule has 5 aromatic rings. The molecule has 0 atom stereocenters. The van der Waals surface area contributed by atoms with E-state index < -0.39 is 17.6 Å². The van der Waals surface area contributed by atoms with Gasteiger partial charge in [0.05, 0.1) is 16.5 Å². The van der Waals surface area contributed by atoms with Gasteiger partial charge in [-0.3, -0.25) is 9.59 Å². The van der Waals surface area contributed by atoms with Crippen LogP contribution in [0.25, 0.3) is 11.0 Å². The molecule has 0 spiro atoms. The van der Waals surface area contributed by atoms with E-state index in [9.17, 15) is 9.59 Å². The Hall–Kier alpha value is -4.92. The van der Waals surface area contributed by atoms with Gasteiger partial charge in [-0.05, 0) is 54.7 Å². The first kappa shape index (κ1) is 23.2. The number of anilines is 3. The summed E-state index contributed by atoms with van der Waals surface area (Å²) in [5, 5.41) is 8.14. The van der Waals surface area contributed by atoms with E-state index in [-0.39, 0.29) is 11.6 Å². The zero-order valence-corrected chi connectivity index (χ0v) is 21.0. The average Bonchev–Trinajstić information content (AvgIpc) is 3.64. The first-order chi connectivity index (χ1) is 19.1. The fourth-order valence-corrected chi connectivity index (χ4v) is 5.50. The molecule has 2 amide bonds. The third-order valence-electron chi connectivity index (χ3n) is 7.41. The summed E-state index contributed by atoms with van der Waals surface area (Å²) in [6, 6.07) is 19.7. The van der Waals surface area contributed by atoms with Crippen molar-refractivity contribution in [3.8, 4) is 0 Å². The summed E-state index contributed by atoms with van der Waals surface area (Å²) in [7, 11) is 0. The molecule has 0 fully saturated rings. The number of carbonyl (C=O) groups excluding carboxylic acids is 2. The number of pyridine rings is 2. The van der Waals surface area contributed by atoms with Gasteiger partial charge in [-0.2, -0.15) is 5.10 Å². The summed E-state index contributed by atoms with van der Waals surface area (Å²) in [5.41, 5.74) is 4.26. The van der Waals surface area contributed by atoms with Crippen molar-refractivity contribution in [2.45, 2.75) is 32.4 Å². The Morgan fingerprint density at radius 1 is 0.923 bits per heavy atom. The highest BCUT2D eigenvalue weighted by molar-refractivity contribution is 6.35. The van der Waals surface area contributed by atoms with E-state index in [1.807, 2.05) is 47.3 Å². The number of carbonyl (C=O) groups is 2. The number of imide groups is 1. The molecule has 1 aliphatic heterocycles. The van der Waals surface area contributed by atoms with Crippen LogP contribution >= 0.6 is 0 Å². The highest BCUT2D eigenvalue weighted by Crippen LogP contribution is 2.36. The van der Waals surface area contributed by atoms with Crippen molar-refractivity contribution in [2.24, 2.45) is 0 Å². The normalized spacial score (nSPS) is 14.2. The maximum atomic E-state index is 15.6. The van der Waals surface area contributed by atoms with Crippen LogP contribution in [0.3, 0.4) is 0 Å². The molecule has 0 bridgehead atoms. The van der Waals surface area contributed by atoms with Crippen LogP contribution in [0.15, 0.2) is 79.1 Å². The Balaban J connectivity index is 1.33. The number of aromatic nitrogens is 4. The lowest BCUT2D eigenvalue weighted by molar-refractivity contribution is -0.698. The van der Waals surface area contributed by atoms with Crippen molar-refractivity contribution < 1.29 is 18.5 Å². The van der Waals surface area contributed by atoms with Gasteiger partial charge in [0, 0.05) is 17.8 Å². The number of benzene rings is 2. The van der Waals surface area contributed by atoms with Gasteiger partial charge in [0.25, 0.3) is 11.8 Å². The standard InChI is InChI=1S/C30H24FN6O2/c31-24-18-23-27(33-26(24)32-25-13-7-9-19-8-6-12-20(19)25)36(17-16-35-14-4-1-5-15-35)34-28(23)37-29(38)21-10-2-3-11-22(21)30(37)39/h1-5,7,9-11,13-15,18H,6,8,12,16-17H2,(H,32,33)/q+1. The number of hydrogen-bond acceptors (Lipinski definition) is 5. The lowest BCUT2D eigenvalue weighted by Crippen LogP contribution is -2.35. The summed E-state index contributed by atoms with van der Waals surface area (Å²) in [4.78, 5) is 32.2. The van der Waals surface area contributed by atoms with E-state index in [0.717, 1.165) is 29.8 Å². The molecule has 9 heteroatoms. The molecule has 0 saturated heterocycles. The second-order valence-corrected chi connectivity index (χ2v) is 9.76. The topological polar surface area (TPSA) is 84.0 Å². The number of nitrogens with zero attached hydrogens (tertiary/aromatic N) is 5. The summed E-state index contributed by atoms with van der Waals surface area (Å²) < 4.78 is 19.2. The van der Waals surface area contributed by atoms with Crippen LogP contribution in [0.2, 0.25) is 0 Å². The molecule has 7 rings (SSSR count). The summed E-state index contributed by atoms with van der Waals surface area (Å²) in [6.07, 6.45) is 6.88. The van der Waals surface area contributed by atoms with Gasteiger partial charge in [-0.15, -0.1) is 0 Å². The minimum absolute atomic E-state index is 0.0743. The van der Waals surface area contributed by atoms with Crippen molar-refractivity contribution in [1.82, 2.24) is 14.8 Å². The molecule has 3 aromatic heterocycles. The Labute approximate surface area is 223 Å². The van der Waals surface area contributed by atoms with Crippen LogP contribution in [0.4, 0.5) is 21.7 Å². The zero-order valence-electron chi connectivity index (χ0n) is 21.0. The van der Waals surface area contributed by atoms with Gasteiger partial charge in [0.15, 0.2) is 42.0 Å². The van der Waals surface area contributed by atoms with Crippen LogP contribution in [-0.2, 0) is 25.9 Å². The van der Waals surface area contributed by atoms with E-state index in [1.165, 1.54) is 17.2 Å². The Bertz CT molecular complexity index is 1750. The van der Waals surface area contributed by atoms with Crippen molar-refractivity contribution in [3.05, 3.63) is 107 Å². The lowest BCUT2D eigenvalue weighted by atomic mass is 10.1. The van der Waals surface area contributed by atoms with E-state index >= 15 is 4.39 Å². The summed E-state index contributed by atoms with van der Waals surface area (Å²) in [5.74, 6) is -1.41. The predicted octanol–water partition coefficient (Wildman–Crippen LogP) is 4.59. The second-order valence-electron chi connectivity index (χ2n) is 9.76. The van der Waals surface area contributed by atoms with Crippen LogP contribution < -0.4 is 14.8 Å². The molecular weight excluding hydrogens is 495 g/mol. The van der Waals surface area contributed by atoms with E-state index in [2.05, 4.69) is 21.5 Å². The molecule has 2 aromatic carbocycles. The number of hydrogen-bond donors (Lipinski definition) is 1. The van der Waals surface area contributed by atoms with Gasteiger partial charge in [0.2, 0.25) is 0 Å². The molecule has 1 N–H and O–H groups in total. The number of amides is 2. The van der Waals surface area contributed by atoms with Crippen LogP contribution in [0, 0.1) is 5.82 Å². The van der Waals surface area contributed by atoms with E-state index in [4.69, 9.17) is 0 Å². The molecule has 1 aliphatic carbocycles. The van der Waals surface area contributed by atoms with Crippen molar-refractivity contribution in [3.63, 3.8) is 0 Å². The lowest BCUT2D eigenvalue weighted by Gasteiger charge is -2.13. The molecule has 4 heterocycles. The van der Waals surface area contributed by atoms with Gasteiger partial charge in [0.1, 0.15) is 6.54 Å². The maximum absolute atomic E-state index is 15.6.